The van der Waals surface area contributed by atoms with E-state index in [-0.39, 0.29) is 5.56 Å². The lowest BCUT2D eigenvalue weighted by molar-refractivity contribution is 0.355. The van der Waals surface area contributed by atoms with E-state index in [9.17, 15) is 4.79 Å². The number of nitrogens with zero attached hydrogens (tertiary/aromatic N) is 3. The van der Waals surface area contributed by atoms with Crippen LogP contribution in [-0.2, 0) is 0 Å². The molecule has 2 aromatic heterocycles. The minimum atomic E-state index is -0.298. The number of hydrogen-bond donors (Lipinski definition) is 1. The Kier molecular flexibility index (Phi) is 4.85. The third-order valence-electron chi connectivity index (χ3n) is 4.35. The van der Waals surface area contributed by atoms with Gasteiger partial charge in [0.1, 0.15) is 11.5 Å². The molecule has 0 atom stereocenters. The van der Waals surface area contributed by atoms with Crippen LogP contribution >= 0.6 is 11.3 Å². The van der Waals surface area contributed by atoms with Crippen molar-refractivity contribution in [2.24, 2.45) is 0 Å². The molecule has 0 radical (unpaired) electrons. The van der Waals surface area contributed by atoms with Crippen molar-refractivity contribution < 1.29 is 18.9 Å². The molecule has 1 N–H and O–H groups in total. The maximum Gasteiger partial charge on any atom is 0.283 e. The lowest BCUT2D eigenvalue weighted by Crippen LogP contribution is -2.15. The minimum absolute atomic E-state index is 0.298. The van der Waals surface area contributed by atoms with Gasteiger partial charge in [0.15, 0.2) is 11.5 Å². The molecule has 0 aliphatic heterocycles. The van der Waals surface area contributed by atoms with E-state index in [1.165, 1.54) is 30.1 Å². The van der Waals surface area contributed by atoms with Crippen molar-refractivity contribution in [3.8, 4) is 23.0 Å². The number of aromatic nitrogens is 3. The molecule has 0 bridgehead atoms. The van der Waals surface area contributed by atoms with Crippen molar-refractivity contribution in [1.29, 1.82) is 0 Å². The number of anilines is 2. The van der Waals surface area contributed by atoms with Crippen LogP contribution in [0.3, 0.4) is 0 Å². The summed E-state index contributed by atoms with van der Waals surface area (Å²) in [6.07, 6.45) is 0. The number of rotatable bonds is 6. The third kappa shape index (κ3) is 3.27. The van der Waals surface area contributed by atoms with Gasteiger partial charge in [-0.1, -0.05) is 11.3 Å². The molecule has 0 unspecified atom stereocenters. The molecule has 4 rings (SSSR count). The van der Waals surface area contributed by atoms with Gasteiger partial charge in [-0.25, -0.2) is 4.98 Å². The smallest absolute Gasteiger partial charge is 0.283 e. The molecule has 0 fully saturated rings. The molecule has 0 saturated carbocycles. The van der Waals surface area contributed by atoms with Crippen molar-refractivity contribution in [3.63, 3.8) is 0 Å². The highest BCUT2D eigenvalue weighted by atomic mass is 32.1. The quantitative estimate of drug-likeness (QED) is 0.514. The topological polar surface area (TPSA) is 96.2 Å². The van der Waals surface area contributed by atoms with Crippen LogP contribution in [-0.4, -0.2) is 43.0 Å². The first-order valence-corrected chi connectivity index (χ1v) is 9.34. The molecule has 0 aliphatic carbocycles. The van der Waals surface area contributed by atoms with E-state index in [0.717, 1.165) is 0 Å². The molecule has 0 amide bonds. The van der Waals surface area contributed by atoms with Crippen molar-refractivity contribution in [2.75, 3.05) is 33.8 Å². The Bertz CT molecular complexity index is 1270. The van der Waals surface area contributed by atoms with Gasteiger partial charge in [0.2, 0.25) is 10.1 Å². The van der Waals surface area contributed by atoms with Crippen LogP contribution < -0.4 is 29.8 Å². The van der Waals surface area contributed by atoms with Gasteiger partial charge in [-0.05, 0) is 18.2 Å². The SMILES string of the molecule is COc1ccc(OC)c(Nc2nn3c(=O)c4cc(OC)c(OC)cc4nc3s2)c1. The Balaban J connectivity index is 1.83. The molecule has 2 heterocycles. The summed E-state index contributed by atoms with van der Waals surface area (Å²) in [6.45, 7) is 0. The lowest BCUT2D eigenvalue weighted by Gasteiger charge is -2.10. The fourth-order valence-electron chi connectivity index (χ4n) is 2.91. The summed E-state index contributed by atoms with van der Waals surface area (Å²) in [4.78, 5) is 17.9. The van der Waals surface area contributed by atoms with Gasteiger partial charge in [0.05, 0.1) is 45.0 Å². The highest BCUT2D eigenvalue weighted by Crippen LogP contribution is 2.34. The van der Waals surface area contributed by atoms with E-state index in [4.69, 9.17) is 18.9 Å². The molecular weight excluding hydrogens is 396 g/mol. The second-order valence-corrected chi connectivity index (χ2v) is 6.89. The summed E-state index contributed by atoms with van der Waals surface area (Å²) in [7, 11) is 6.21. The Morgan fingerprint density at radius 1 is 0.931 bits per heavy atom. The van der Waals surface area contributed by atoms with Crippen LogP contribution in [0.5, 0.6) is 23.0 Å². The zero-order chi connectivity index (χ0) is 20.5. The van der Waals surface area contributed by atoms with Crippen LogP contribution in [0.2, 0.25) is 0 Å². The Labute approximate surface area is 169 Å². The van der Waals surface area contributed by atoms with Gasteiger partial charge in [0, 0.05) is 12.1 Å². The Hall–Kier alpha value is -3.53. The zero-order valence-electron chi connectivity index (χ0n) is 16.2. The zero-order valence-corrected chi connectivity index (χ0v) is 17.0. The van der Waals surface area contributed by atoms with E-state index >= 15 is 0 Å². The van der Waals surface area contributed by atoms with Crippen LogP contribution in [0, 0.1) is 0 Å². The molecule has 150 valence electrons. The summed E-state index contributed by atoms with van der Waals surface area (Å²) in [5, 5.41) is 8.40. The van der Waals surface area contributed by atoms with Gasteiger partial charge >= 0.3 is 0 Å². The minimum Gasteiger partial charge on any atom is -0.497 e. The molecular formula is C19H18N4O5S. The molecule has 0 spiro atoms. The van der Waals surface area contributed by atoms with Crippen LogP contribution in [0.15, 0.2) is 35.1 Å². The van der Waals surface area contributed by atoms with Gasteiger partial charge < -0.3 is 24.3 Å². The standard InChI is InChI=1S/C19H18N4O5S/c1-25-10-5-6-14(26-2)13(7-10)20-18-22-23-17(24)11-8-15(27-3)16(28-4)9-12(11)21-19(23)29-18/h5-9H,1-4H3,(H,20,22). The van der Waals surface area contributed by atoms with Crippen LogP contribution in [0.25, 0.3) is 15.9 Å². The van der Waals surface area contributed by atoms with E-state index in [2.05, 4.69) is 15.4 Å². The number of ether oxygens (including phenoxy) is 4. The van der Waals surface area contributed by atoms with E-state index in [1.807, 2.05) is 0 Å². The van der Waals surface area contributed by atoms with Crippen molar-refractivity contribution in [2.45, 2.75) is 0 Å². The van der Waals surface area contributed by atoms with Gasteiger partial charge in [-0.15, -0.1) is 5.10 Å². The highest BCUT2D eigenvalue weighted by molar-refractivity contribution is 7.20. The molecule has 0 saturated heterocycles. The second kappa shape index (κ2) is 7.47. The van der Waals surface area contributed by atoms with Crippen LogP contribution in [0.1, 0.15) is 0 Å². The molecule has 2 aromatic carbocycles. The monoisotopic (exact) mass is 414 g/mol. The van der Waals surface area contributed by atoms with E-state index in [0.29, 0.717) is 49.7 Å². The predicted molar refractivity (Wildman–Crippen MR) is 111 cm³/mol. The summed E-state index contributed by atoms with van der Waals surface area (Å²) < 4.78 is 22.5. The van der Waals surface area contributed by atoms with E-state index in [1.54, 1.807) is 44.6 Å². The average Bonchev–Trinajstić information content (AvgIpc) is 3.15. The predicted octanol–water partition coefficient (Wildman–Crippen LogP) is 3.08. The summed E-state index contributed by atoms with van der Waals surface area (Å²) >= 11 is 1.24. The number of benzene rings is 2. The summed E-state index contributed by atoms with van der Waals surface area (Å²) in [6, 6.07) is 8.64. The Morgan fingerprint density at radius 2 is 1.66 bits per heavy atom. The van der Waals surface area contributed by atoms with Crippen molar-refractivity contribution >= 4 is 38.0 Å². The van der Waals surface area contributed by atoms with Crippen molar-refractivity contribution in [3.05, 3.63) is 40.7 Å². The normalized spacial score (nSPS) is 10.9. The van der Waals surface area contributed by atoms with E-state index < -0.39 is 0 Å². The molecule has 10 heteroatoms. The number of fused-ring (bicyclic) bond motifs is 2. The number of nitrogens with one attached hydrogen (secondary N) is 1. The molecule has 4 aromatic rings. The molecule has 0 aliphatic rings. The first-order chi connectivity index (χ1) is 14.1. The molecule has 9 nitrogen and oxygen atoms in total. The maximum atomic E-state index is 12.9. The first kappa shape index (κ1) is 18.8. The third-order valence-corrected chi connectivity index (χ3v) is 5.17. The fraction of sp³-hybridized carbons (Fsp3) is 0.211. The number of hydrogen-bond acceptors (Lipinski definition) is 9. The summed E-state index contributed by atoms with van der Waals surface area (Å²) in [5.41, 5.74) is 0.863. The van der Waals surface area contributed by atoms with Crippen LogP contribution in [0.4, 0.5) is 10.8 Å². The lowest BCUT2D eigenvalue weighted by atomic mass is 10.2. The van der Waals surface area contributed by atoms with Gasteiger partial charge in [-0.2, -0.15) is 4.52 Å². The van der Waals surface area contributed by atoms with Gasteiger partial charge in [-0.3, -0.25) is 4.79 Å². The molecule has 29 heavy (non-hydrogen) atoms. The fourth-order valence-corrected chi connectivity index (χ4v) is 3.72. The van der Waals surface area contributed by atoms with Crippen molar-refractivity contribution in [1.82, 2.24) is 14.6 Å². The summed E-state index contributed by atoms with van der Waals surface area (Å²) in [5.74, 6) is 2.23. The van der Waals surface area contributed by atoms with Gasteiger partial charge in [0.25, 0.3) is 5.56 Å². The number of methoxy groups -OCH3 is 4. The average molecular weight is 414 g/mol. The highest BCUT2D eigenvalue weighted by Gasteiger charge is 2.16. The first-order valence-electron chi connectivity index (χ1n) is 8.52. The largest absolute Gasteiger partial charge is 0.497 e. The second-order valence-electron chi connectivity index (χ2n) is 5.93. The Morgan fingerprint density at radius 3 is 2.34 bits per heavy atom. The maximum absolute atomic E-state index is 12.9.